The first-order chi connectivity index (χ1) is 17.0. The Morgan fingerprint density at radius 3 is 2.22 bits per heavy atom. The topological polar surface area (TPSA) is 87.1 Å². The number of carbonyl (C=O) groups is 2. The molecule has 0 bridgehead atoms. The summed E-state index contributed by atoms with van der Waals surface area (Å²) in [5.74, 6) is 3.98. The van der Waals surface area contributed by atoms with E-state index in [1.807, 2.05) is 31.2 Å². The molecule has 9 heteroatoms. The van der Waals surface area contributed by atoms with Crippen LogP contribution in [0, 0.1) is 11.8 Å². The highest BCUT2D eigenvalue weighted by Gasteiger charge is 2.48. The van der Waals surface area contributed by atoms with Crippen LogP contribution in [-0.4, -0.2) is 52.9 Å². The molecule has 6 nitrogen and oxygen atoms in total. The van der Waals surface area contributed by atoms with Gasteiger partial charge in [0.05, 0.1) is 6.61 Å². The molecule has 2 aromatic rings. The molecule has 0 saturated heterocycles. The van der Waals surface area contributed by atoms with Gasteiger partial charge in [-0.1, -0.05) is 17.9 Å². The number of benzene rings is 2. The van der Waals surface area contributed by atoms with Crippen LogP contribution in [0.25, 0.3) is 0 Å². The summed E-state index contributed by atoms with van der Waals surface area (Å²) in [6, 6.07) is 14.5. The van der Waals surface area contributed by atoms with E-state index in [-0.39, 0.29) is 11.8 Å². The molecule has 36 heavy (non-hydrogen) atoms. The number of alkyl halides is 3. The number of carboxylic acids is 2. The van der Waals surface area contributed by atoms with E-state index in [1.54, 1.807) is 0 Å². The molecule has 0 atom stereocenters. The van der Waals surface area contributed by atoms with E-state index in [0.717, 1.165) is 36.5 Å². The Balaban J connectivity index is 0.000000454. The second kappa shape index (κ2) is 11.5. The van der Waals surface area contributed by atoms with Crippen LogP contribution in [0.2, 0.25) is 0 Å². The van der Waals surface area contributed by atoms with Crippen molar-refractivity contribution in [2.75, 3.05) is 19.7 Å². The molecule has 1 heterocycles. The standard InChI is InChI=1S/C25H27NO3.C2HF3O2/c1-2-29-22-11-8-19(9-12-22)5-6-20-7-10-21-17-26(15-3-4-24(27)28)18-25(13-14-25)23(21)16-20;3-2(4,5)1(6)7/h7-12,16H,2-4,13-15,17-18H2,1H3,(H,27,28);(H,6,7). The van der Waals surface area contributed by atoms with Gasteiger partial charge in [0.2, 0.25) is 0 Å². The van der Waals surface area contributed by atoms with E-state index >= 15 is 0 Å². The van der Waals surface area contributed by atoms with Crippen LogP contribution in [0.5, 0.6) is 5.75 Å². The molecular weight excluding hydrogens is 475 g/mol. The van der Waals surface area contributed by atoms with Crippen LogP contribution >= 0.6 is 0 Å². The predicted octanol–water partition coefficient (Wildman–Crippen LogP) is 4.83. The Labute approximate surface area is 207 Å². The van der Waals surface area contributed by atoms with Gasteiger partial charge in [0, 0.05) is 36.1 Å². The molecular formula is C27H28F3NO5. The molecule has 0 radical (unpaired) electrons. The number of nitrogens with zero attached hydrogens (tertiary/aromatic N) is 1. The first-order valence-electron chi connectivity index (χ1n) is 11.6. The summed E-state index contributed by atoms with van der Waals surface area (Å²) in [4.78, 5) is 22.1. The molecule has 1 fully saturated rings. The van der Waals surface area contributed by atoms with Crippen LogP contribution in [0.4, 0.5) is 13.2 Å². The molecule has 1 aliphatic heterocycles. The number of hydrogen-bond acceptors (Lipinski definition) is 4. The molecule has 2 aliphatic rings. The fraction of sp³-hybridized carbons (Fsp3) is 0.407. The number of hydrogen-bond donors (Lipinski definition) is 2. The van der Waals surface area contributed by atoms with Crippen LogP contribution in [-0.2, 0) is 21.5 Å². The number of aliphatic carboxylic acids is 2. The highest BCUT2D eigenvalue weighted by molar-refractivity contribution is 5.73. The number of fused-ring (bicyclic) bond motifs is 2. The SMILES string of the molecule is CCOc1ccc(C#Cc2ccc3c(c2)C2(CC2)CN(CCCC(=O)O)C3)cc1.O=C(O)C(F)(F)F. The van der Waals surface area contributed by atoms with Gasteiger partial charge in [0.1, 0.15) is 5.75 Å². The Morgan fingerprint density at radius 1 is 1.06 bits per heavy atom. The number of carboxylic acid groups (broad SMARTS) is 2. The molecule has 0 aromatic heterocycles. The zero-order valence-corrected chi connectivity index (χ0v) is 19.9. The third kappa shape index (κ3) is 7.49. The van der Waals surface area contributed by atoms with Crippen molar-refractivity contribution in [3.63, 3.8) is 0 Å². The van der Waals surface area contributed by atoms with Gasteiger partial charge in [0.25, 0.3) is 0 Å². The Morgan fingerprint density at radius 2 is 1.67 bits per heavy atom. The van der Waals surface area contributed by atoms with Crippen molar-refractivity contribution in [2.24, 2.45) is 0 Å². The van der Waals surface area contributed by atoms with Crippen molar-refractivity contribution in [3.8, 4) is 17.6 Å². The number of rotatable bonds is 6. The normalized spacial score (nSPS) is 15.6. The van der Waals surface area contributed by atoms with E-state index in [2.05, 4.69) is 34.9 Å². The Kier molecular flexibility index (Phi) is 8.64. The van der Waals surface area contributed by atoms with Gasteiger partial charge in [-0.05, 0) is 80.3 Å². The predicted molar refractivity (Wildman–Crippen MR) is 127 cm³/mol. The van der Waals surface area contributed by atoms with E-state index < -0.39 is 18.1 Å². The molecule has 2 aromatic carbocycles. The number of ether oxygens (including phenoxy) is 1. The summed E-state index contributed by atoms with van der Waals surface area (Å²) in [5, 5.41) is 16.0. The molecule has 0 amide bonds. The monoisotopic (exact) mass is 503 g/mol. The lowest BCUT2D eigenvalue weighted by Crippen LogP contribution is -2.38. The van der Waals surface area contributed by atoms with Crippen molar-refractivity contribution < 1.29 is 37.7 Å². The van der Waals surface area contributed by atoms with Gasteiger partial charge in [-0.3, -0.25) is 9.69 Å². The van der Waals surface area contributed by atoms with Crippen molar-refractivity contribution in [1.82, 2.24) is 4.90 Å². The second-order valence-corrected chi connectivity index (χ2v) is 8.87. The fourth-order valence-electron chi connectivity index (χ4n) is 4.23. The minimum absolute atomic E-state index is 0.246. The lowest BCUT2D eigenvalue weighted by atomic mass is 9.85. The minimum Gasteiger partial charge on any atom is -0.494 e. The molecule has 1 saturated carbocycles. The maximum Gasteiger partial charge on any atom is 0.490 e. The van der Waals surface area contributed by atoms with Gasteiger partial charge in [0.15, 0.2) is 0 Å². The van der Waals surface area contributed by atoms with E-state index in [4.69, 9.17) is 19.7 Å². The first kappa shape index (κ1) is 27.1. The van der Waals surface area contributed by atoms with Gasteiger partial charge in [-0.25, -0.2) is 4.79 Å². The van der Waals surface area contributed by atoms with Gasteiger partial charge < -0.3 is 14.9 Å². The van der Waals surface area contributed by atoms with Gasteiger partial charge >= 0.3 is 18.1 Å². The van der Waals surface area contributed by atoms with Crippen LogP contribution in [0.3, 0.4) is 0 Å². The quantitative estimate of drug-likeness (QED) is 0.549. The average molecular weight is 504 g/mol. The Bertz CT molecular complexity index is 1140. The molecule has 2 N–H and O–H groups in total. The summed E-state index contributed by atoms with van der Waals surface area (Å²) < 4.78 is 37.2. The minimum atomic E-state index is -5.08. The molecule has 1 aliphatic carbocycles. The summed E-state index contributed by atoms with van der Waals surface area (Å²) in [7, 11) is 0. The molecule has 0 unspecified atom stereocenters. The van der Waals surface area contributed by atoms with E-state index in [9.17, 15) is 18.0 Å². The van der Waals surface area contributed by atoms with Gasteiger partial charge in [-0.15, -0.1) is 0 Å². The van der Waals surface area contributed by atoms with Gasteiger partial charge in [-0.2, -0.15) is 13.2 Å². The molecule has 192 valence electrons. The van der Waals surface area contributed by atoms with Crippen molar-refractivity contribution in [1.29, 1.82) is 0 Å². The lowest BCUT2D eigenvalue weighted by Gasteiger charge is -2.35. The fourth-order valence-corrected chi connectivity index (χ4v) is 4.23. The third-order valence-corrected chi connectivity index (χ3v) is 6.08. The van der Waals surface area contributed by atoms with E-state index in [0.29, 0.717) is 13.0 Å². The van der Waals surface area contributed by atoms with Crippen molar-refractivity contribution in [3.05, 3.63) is 64.7 Å². The van der Waals surface area contributed by atoms with E-state index in [1.165, 1.54) is 24.0 Å². The highest BCUT2D eigenvalue weighted by atomic mass is 19.4. The smallest absolute Gasteiger partial charge is 0.490 e. The first-order valence-corrected chi connectivity index (χ1v) is 11.6. The van der Waals surface area contributed by atoms with Crippen LogP contribution in [0.15, 0.2) is 42.5 Å². The lowest BCUT2D eigenvalue weighted by molar-refractivity contribution is -0.192. The second-order valence-electron chi connectivity index (χ2n) is 8.87. The molecule has 4 rings (SSSR count). The van der Waals surface area contributed by atoms with Crippen LogP contribution in [0.1, 0.15) is 54.9 Å². The van der Waals surface area contributed by atoms with Crippen molar-refractivity contribution >= 4 is 11.9 Å². The highest BCUT2D eigenvalue weighted by Crippen LogP contribution is 2.52. The Hall–Kier alpha value is -3.51. The maximum atomic E-state index is 10.8. The summed E-state index contributed by atoms with van der Waals surface area (Å²) in [6.45, 7) is 5.44. The van der Waals surface area contributed by atoms with Crippen molar-refractivity contribution in [2.45, 2.75) is 50.7 Å². The third-order valence-electron chi connectivity index (χ3n) is 6.08. The number of halogens is 3. The van der Waals surface area contributed by atoms with Crippen LogP contribution < -0.4 is 4.74 Å². The largest absolute Gasteiger partial charge is 0.494 e. The zero-order valence-electron chi connectivity index (χ0n) is 19.9. The summed E-state index contributed by atoms with van der Waals surface area (Å²) >= 11 is 0. The maximum absolute atomic E-state index is 10.8. The summed E-state index contributed by atoms with van der Waals surface area (Å²) in [6.07, 6.45) is -1.70. The average Bonchev–Trinajstić information content (AvgIpc) is 3.58. The zero-order chi connectivity index (χ0) is 26.3. The summed E-state index contributed by atoms with van der Waals surface area (Å²) in [5.41, 5.74) is 5.12. The molecule has 1 spiro atoms.